The van der Waals surface area contributed by atoms with Crippen molar-refractivity contribution in [2.45, 2.75) is 45.1 Å². The molecular weight excluding hydrogens is 188 g/mol. The van der Waals surface area contributed by atoms with E-state index >= 15 is 0 Å². The Bertz CT molecular complexity index is 312. The molecule has 1 aromatic heterocycles. The highest BCUT2D eigenvalue weighted by molar-refractivity contribution is 4.96. The van der Waals surface area contributed by atoms with Gasteiger partial charge in [0.05, 0.1) is 0 Å². The highest BCUT2D eigenvalue weighted by atomic mass is 15.3. The van der Waals surface area contributed by atoms with Crippen molar-refractivity contribution in [1.82, 2.24) is 20.1 Å². The van der Waals surface area contributed by atoms with Gasteiger partial charge in [-0.15, -0.1) is 0 Å². The molecule has 1 saturated heterocycles. The summed E-state index contributed by atoms with van der Waals surface area (Å²) in [5, 5.41) is 7.91. The normalized spacial score (nSPS) is 21.1. The molecule has 0 spiro atoms. The molecule has 0 amide bonds. The van der Waals surface area contributed by atoms with Crippen LogP contribution in [0.4, 0.5) is 0 Å². The van der Waals surface area contributed by atoms with Crippen molar-refractivity contribution in [3.63, 3.8) is 0 Å². The van der Waals surface area contributed by atoms with Gasteiger partial charge in [-0.25, -0.2) is 4.98 Å². The maximum Gasteiger partial charge on any atom is 0.150 e. The molecule has 0 radical (unpaired) electrons. The van der Waals surface area contributed by atoms with E-state index in [0.717, 1.165) is 37.5 Å². The lowest BCUT2D eigenvalue weighted by molar-refractivity contribution is 0.562. The summed E-state index contributed by atoms with van der Waals surface area (Å²) in [7, 11) is 2.00. The van der Waals surface area contributed by atoms with Crippen LogP contribution in [0.1, 0.15) is 37.8 Å². The second-order valence-electron chi connectivity index (χ2n) is 4.32. The Balaban J connectivity index is 2.00. The summed E-state index contributed by atoms with van der Waals surface area (Å²) in [5.41, 5.74) is 0. The van der Waals surface area contributed by atoms with Crippen LogP contribution in [0, 0.1) is 0 Å². The maximum absolute atomic E-state index is 4.57. The molecule has 15 heavy (non-hydrogen) atoms. The van der Waals surface area contributed by atoms with Crippen molar-refractivity contribution in [2.24, 2.45) is 7.05 Å². The van der Waals surface area contributed by atoms with Gasteiger partial charge in [0.15, 0.2) is 5.82 Å². The number of rotatable bonds is 4. The summed E-state index contributed by atoms with van der Waals surface area (Å²) >= 11 is 0. The molecule has 1 aliphatic rings. The van der Waals surface area contributed by atoms with Crippen LogP contribution in [-0.4, -0.2) is 27.4 Å². The van der Waals surface area contributed by atoms with Crippen molar-refractivity contribution < 1.29 is 0 Å². The molecule has 1 unspecified atom stereocenters. The zero-order chi connectivity index (χ0) is 10.7. The number of hydrogen-bond donors (Lipinski definition) is 1. The molecule has 84 valence electrons. The topological polar surface area (TPSA) is 42.7 Å². The molecule has 1 atom stereocenters. The van der Waals surface area contributed by atoms with Gasteiger partial charge in [-0.2, -0.15) is 5.10 Å². The zero-order valence-corrected chi connectivity index (χ0v) is 9.66. The highest BCUT2D eigenvalue weighted by Crippen LogP contribution is 2.10. The van der Waals surface area contributed by atoms with Gasteiger partial charge in [0.1, 0.15) is 5.82 Å². The summed E-state index contributed by atoms with van der Waals surface area (Å²) in [6.07, 6.45) is 5.70. The Hall–Kier alpha value is -0.900. The first kappa shape index (κ1) is 10.6. The van der Waals surface area contributed by atoms with E-state index in [-0.39, 0.29) is 0 Å². The van der Waals surface area contributed by atoms with Gasteiger partial charge < -0.3 is 5.32 Å². The van der Waals surface area contributed by atoms with E-state index in [2.05, 4.69) is 22.3 Å². The predicted molar refractivity (Wildman–Crippen MR) is 59.7 cm³/mol. The van der Waals surface area contributed by atoms with Crippen LogP contribution in [0.15, 0.2) is 0 Å². The lowest BCUT2D eigenvalue weighted by atomic mass is 10.1. The van der Waals surface area contributed by atoms with E-state index in [1.807, 2.05) is 11.7 Å². The third-order valence-electron chi connectivity index (χ3n) is 2.96. The SMILES string of the molecule is CCCc1nc(CC2CCCN2)n(C)n1. The molecule has 4 nitrogen and oxygen atoms in total. The number of nitrogens with zero attached hydrogens (tertiary/aromatic N) is 3. The summed E-state index contributed by atoms with van der Waals surface area (Å²) in [5.74, 6) is 2.12. The molecule has 1 aliphatic heterocycles. The lowest BCUT2D eigenvalue weighted by Gasteiger charge is -2.07. The smallest absolute Gasteiger partial charge is 0.150 e. The van der Waals surface area contributed by atoms with E-state index in [0.29, 0.717) is 6.04 Å². The molecule has 1 fully saturated rings. The second-order valence-corrected chi connectivity index (χ2v) is 4.32. The molecule has 0 aliphatic carbocycles. The average Bonchev–Trinajstić information content (AvgIpc) is 2.79. The highest BCUT2D eigenvalue weighted by Gasteiger charge is 2.17. The molecular formula is C11H20N4. The Morgan fingerprint density at radius 2 is 2.40 bits per heavy atom. The molecule has 1 aromatic rings. The zero-order valence-electron chi connectivity index (χ0n) is 9.66. The largest absolute Gasteiger partial charge is 0.314 e. The van der Waals surface area contributed by atoms with Crippen LogP contribution in [0.3, 0.4) is 0 Å². The fourth-order valence-electron chi connectivity index (χ4n) is 2.13. The predicted octanol–water partition coefficient (Wildman–Crippen LogP) is 1.06. The quantitative estimate of drug-likeness (QED) is 0.804. The first-order valence-electron chi connectivity index (χ1n) is 5.91. The fourth-order valence-corrected chi connectivity index (χ4v) is 2.13. The summed E-state index contributed by atoms with van der Waals surface area (Å²) in [6, 6.07) is 0.613. The number of aromatic nitrogens is 3. The number of aryl methyl sites for hydroxylation is 2. The molecule has 1 N–H and O–H groups in total. The minimum Gasteiger partial charge on any atom is -0.314 e. The van der Waals surface area contributed by atoms with Crippen LogP contribution in [0.25, 0.3) is 0 Å². The van der Waals surface area contributed by atoms with Gasteiger partial charge in [-0.1, -0.05) is 6.92 Å². The minimum atomic E-state index is 0.613. The monoisotopic (exact) mass is 208 g/mol. The standard InChI is InChI=1S/C11H20N4/c1-3-5-10-13-11(15(2)14-10)8-9-6-4-7-12-9/h9,12H,3-8H2,1-2H3. The fraction of sp³-hybridized carbons (Fsp3) is 0.818. The van der Waals surface area contributed by atoms with Crippen LogP contribution in [0.2, 0.25) is 0 Å². The Labute approximate surface area is 91.1 Å². The average molecular weight is 208 g/mol. The summed E-state index contributed by atoms with van der Waals surface area (Å²) in [4.78, 5) is 4.57. The van der Waals surface area contributed by atoms with Gasteiger partial charge in [-0.05, 0) is 25.8 Å². The minimum absolute atomic E-state index is 0.613. The molecule has 0 saturated carbocycles. The Kier molecular flexibility index (Phi) is 3.36. The first-order chi connectivity index (χ1) is 7.29. The van der Waals surface area contributed by atoms with Crippen molar-refractivity contribution in [1.29, 1.82) is 0 Å². The molecule has 2 heterocycles. The summed E-state index contributed by atoms with van der Waals surface area (Å²) < 4.78 is 1.94. The molecule has 0 aromatic carbocycles. The molecule has 4 heteroatoms. The third-order valence-corrected chi connectivity index (χ3v) is 2.96. The van der Waals surface area contributed by atoms with E-state index in [1.54, 1.807) is 0 Å². The number of nitrogens with one attached hydrogen (secondary N) is 1. The first-order valence-corrected chi connectivity index (χ1v) is 5.91. The van der Waals surface area contributed by atoms with Gasteiger partial charge in [0, 0.05) is 25.9 Å². The number of hydrogen-bond acceptors (Lipinski definition) is 3. The van der Waals surface area contributed by atoms with E-state index in [1.165, 1.54) is 12.8 Å². The van der Waals surface area contributed by atoms with E-state index in [4.69, 9.17) is 0 Å². The van der Waals surface area contributed by atoms with Crippen molar-refractivity contribution >= 4 is 0 Å². The Morgan fingerprint density at radius 3 is 3.07 bits per heavy atom. The van der Waals surface area contributed by atoms with Crippen molar-refractivity contribution in [3.8, 4) is 0 Å². The lowest BCUT2D eigenvalue weighted by Crippen LogP contribution is -2.25. The van der Waals surface area contributed by atoms with Crippen molar-refractivity contribution in [3.05, 3.63) is 11.6 Å². The van der Waals surface area contributed by atoms with Gasteiger partial charge in [0.25, 0.3) is 0 Å². The second kappa shape index (κ2) is 4.75. The van der Waals surface area contributed by atoms with Crippen LogP contribution in [-0.2, 0) is 19.9 Å². The third kappa shape index (κ3) is 2.56. The van der Waals surface area contributed by atoms with Gasteiger partial charge >= 0.3 is 0 Å². The van der Waals surface area contributed by atoms with Crippen LogP contribution >= 0.6 is 0 Å². The molecule has 2 rings (SSSR count). The van der Waals surface area contributed by atoms with E-state index in [9.17, 15) is 0 Å². The van der Waals surface area contributed by atoms with Gasteiger partial charge in [0.2, 0.25) is 0 Å². The molecule has 0 bridgehead atoms. The van der Waals surface area contributed by atoms with Crippen LogP contribution in [0.5, 0.6) is 0 Å². The van der Waals surface area contributed by atoms with Gasteiger partial charge in [-0.3, -0.25) is 4.68 Å². The van der Waals surface area contributed by atoms with Crippen LogP contribution < -0.4 is 5.32 Å². The Morgan fingerprint density at radius 1 is 1.53 bits per heavy atom. The van der Waals surface area contributed by atoms with E-state index < -0.39 is 0 Å². The van der Waals surface area contributed by atoms with Crippen molar-refractivity contribution in [2.75, 3.05) is 6.54 Å². The maximum atomic E-state index is 4.57. The summed E-state index contributed by atoms with van der Waals surface area (Å²) in [6.45, 7) is 3.32.